The fourth-order valence-electron chi connectivity index (χ4n) is 1.87. The zero-order valence-corrected chi connectivity index (χ0v) is 10.1. The third-order valence-electron chi connectivity index (χ3n) is 2.69. The van der Waals surface area contributed by atoms with Gasteiger partial charge in [-0.15, -0.1) is 11.8 Å². The van der Waals surface area contributed by atoms with E-state index in [1.54, 1.807) is 13.0 Å². The van der Waals surface area contributed by atoms with E-state index in [0.29, 0.717) is 17.2 Å². The fraction of sp³-hybridized carbons (Fsp3) is 0.182. The van der Waals surface area contributed by atoms with Crippen LogP contribution in [0.4, 0.5) is 0 Å². The molecule has 0 unspecified atom stereocenters. The standard InChI is InChI=1S/C11H8N2O4S/c1-5-12-6(3-17-5)2-7-9(14)13-8(11(15)16)4-18-10(7)13/h2-4,10H,1H3,(H,15,16)/b7-2-/t10-/m0/s1. The number of carboxylic acids is 1. The lowest BCUT2D eigenvalue weighted by atomic mass is 10.0. The molecule has 92 valence electrons. The van der Waals surface area contributed by atoms with Gasteiger partial charge in [-0.05, 0) is 6.08 Å². The molecule has 1 fully saturated rings. The first-order chi connectivity index (χ1) is 8.58. The molecule has 0 aromatic carbocycles. The Kier molecular flexibility index (Phi) is 2.30. The maximum absolute atomic E-state index is 11.9. The van der Waals surface area contributed by atoms with Gasteiger partial charge in [-0.3, -0.25) is 9.69 Å². The van der Waals surface area contributed by atoms with Gasteiger partial charge in [-0.1, -0.05) is 0 Å². The van der Waals surface area contributed by atoms with Crippen LogP contribution in [0.5, 0.6) is 0 Å². The van der Waals surface area contributed by atoms with Crippen molar-refractivity contribution in [2.75, 3.05) is 0 Å². The molecule has 0 radical (unpaired) electrons. The molecule has 1 aromatic rings. The molecule has 2 aliphatic rings. The van der Waals surface area contributed by atoms with Crippen LogP contribution < -0.4 is 0 Å². The monoisotopic (exact) mass is 264 g/mol. The Balaban J connectivity index is 1.86. The van der Waals surface area contributed by atoms with Crippen LogP contribution in [0, 0.1) is 6.92 Å². The molecule has 7 heteroatoms. The molecule has 18 heavy (non-hydrogen) atoms. The molecular formula is C11H8N2O4S. The Bertz CT molecular complexity index is 616. The summed E-state index contributed by atoms with van der Waals surface area (Å²) in [7, 11) is 0. The Hall–Kier alpha value is -2.02. The molecule has 1 N–H and O–H groups in total. The number of aryl methyl sites for hydroxylation is 1. The summed E-state index contributed by atoms with van der Waals surface area (Å²) in [5.74, 6) is -0.858. The largest absolute Gasteiger partial charge is 0.477 e. The Morgan fingerprint density at radius 2 is 2.44 bits per heavy atom. The van der Waals surface area contributed by atoms with E-state index in [2.05, 4.69) is 4.98 Å². The maximum Gasteiger partial charge on any atom is 0.353 e. The number of hydrogen-bond acceptors (Lipinski definition) is 5. The average Bonchev–Trinajstić information content (AvgIpc) is 2.89. The van der Waals surface area contributed by atoms with Crippen molar-refractivity contribution in [1.82, 2.24) is 9.88 Å². The summed E-state index contributed by atoms with van der Waals surface area (Å²) in [6, 6.07) is 0. The first kappa shape index (κ1) is 11.1. The van der Waals surface area contributed by atoms with E-state index in [1.165, 1.54) is 28.3 Å². The number of amides is 1. The molecule has 0 spiro atoms. The van der Waals surface area contributed by atoms with Crippen LogP contribution in [0.15, 0.2) is 27.4 Å². The first-order valence-electron chi connectivity index (χ1n) is 5.14. The van der Waals surface area contributed by atoms with Crippen molar-refractivity contribution in [3.63, 3.8) is 0 Å². The molecule has 6 nitrogen and oxygen atoms in total. The number of β-lactam (4-membered cyclic amide) rings is 1. The van der Waals surface area contributed by atoms with E-state index in [4.69, 9.17) is 9.52 Å². The average molecular weight is 264 g/mol. The molecule has 1 aromatic heterocycles. The minimum Gasteiger partial charge on any atom is -0.477 e. The number of aromatic nitrogens is 1. The molecule has 2 aliphatic heterocycles. The molecule has 0 bridgehead atoms. The first-order valence-corrected chi connectivity index (χ1v) is 6.08. The number of carbonyl (C=O) groups is 2. The van der Waals surface area contributed by atoms with Crippen LogP contribution >= 0.6 is 11.8 Å². The summed E-state index contributed by atoms with van der Waals surface area (Å²) >= 11 is 1.30. The predicted molar refractivity (Wildman–Crippen MR) is 63.2 cm³/mol. The second-order valence-electron chi connectivity index (χ2n) is 3.86. The van der Waals surface area contributed by atoms with E-state index in [9.17, 15) is 9.59 Å². The lowest BCUT2D eigenvalue weighted by Gasteiger charge is -2.36. The highest BCUT2D eigenvalue weighted by atomic mass is 32.2. The van der Waals surface area contributed by atoms with Gasteiger partial charge in [0.15, 0.2) is 5.89 Å². The van der Waals surface area contributed by atoms with Crippen molar-refractivity contribution in [2.24, 2.45) is 0 Å². The highest BCUT2D eigenvalue weighted by Gasteiger charge is 2.49. The van der Waals surface area contributed by atoms with Crippen LogP contribution in [0.2, 0.25) is 0 Å². The van der Waals surface area contributed by atoms with E-state index in [1.807, 2.05) is 0 Å². The highest BCUT2D eigenvalue weighted by molar-refractivity contribution is 8.03. The third-order valence-corrected chi connectivity index (χ3v) is 3.78. The second kappa shape index (κ2) is 3.74. The molecule has 3 heterocycles. The van der Waals surface area contributed by atoms with Crippen molar-refractivity contribution in [3.05, 3.63) is 34.5 Å². The van der Waals surface area contributed by atoms with Crippen molar-refractivity contribution in [2.45, 2.75) is 12.3 Å². The summed E-state index contributed by atoms with van der Waals surface area (Å²) in [6.45, 7) is 1.71. The fourth-order valence-corrected chi connectivity index (χ4v) is 2.99. The third kappa shape index (κ3) is 1.47. The molecule has 0 aliphatic carbocycles. The topological polar surface area (TPSA) is 83.6 Å². The summed E-state index contributed by atoms with van der Waals surface area (Å²) in [5.41, 5.74) is 1.14. The quantitative estimate of drug-likeness (QED) is 0.638. The maximum atomic E-state index is 11.9. The van der Waals surface area contributed by atoms with Gasteiger partial charge in [0.2, 0.25) is 0 Å². The van der Waals surface area contributed by atoms with Gasteiger partial charge in [0, 0.05) is 12.3 Å². The van der Waals surface area contributed by atoms with E-state index < -0.39 is 5.97 Å². The predicted octanol–water partition coefficient (Wildman–Crippen LogP) is 1.21. The van der Waals surface area contributed by atoms with Crippen LogP contribution in [-0.4, -0.2) is 32.2 Å². The van der Waals surface area contributed by atoms with Crippen LogP contribution in [0.3, 0.4) is 0 Å². The molecule has 3 rings (SSSR count). The minimum atomic E-state index is -1.09. The Morgan fingerprint density at radius 1 is 1.67 bits per heavy atom. The van der Waals surface area contributed by atoms with Gasteiger partial charge in [0.25, 0.3) is 5.91 Å². The Labute approximate surface area is 106 Å². The molecular weight excluding hydrogens is 256 g/mol. The van der Waals surface area contributed by atoms with E-state index in [0.717, 1.165) is 0 Å². The lowest BCUT2D eigenvalue weighted by Crippen LogP contribution is -2.51. The number of nitrogens with zero attached hydrogens (tertiary/aromatic N) is 2. The summed E-state index contributed by atoms with van der Waals surface area (Å²) in [5, 5.41) is 10.1. The minimum absolute atomic E-state index is 0.0310. The Morgan fingerprint density at radius 3 is 3.06 bits per heavy atom. The van der Waals surface area contributed by atoms with Crippen molar-refractivity contribution in [3.8, 4) is 0 Å². The van der Waals surface area contributed by atoms with Gasteiger partial charge in [0.05, 0.1) is 5.57 Å². The lowest BCUT2D eigenvalue weighted by molar-refractivity contribution is -0.141. The van der Waals surface area contributed by atoms with Crippen molar-refractivity contribution in [1.29, 1.82) is 0 Å². The molecule has 1 amide bonds. The number of fused-ring (bicyclic) bond motifs is 1. The number of hydrogen-bond donors (Lipinski definition) is 1. The van der Waals surface area contributed by atoms with Gasteiger partial charge >= 0.3 is 5.97 Å². The SMILES string of the molecule is Cc1nc(/C=C2/C(=O)N3C(C(=O)O)=CS[C@@H]23)co1. The number of thioether (sulfide) groups is 1. The smallest absolute Gasteiger partial charge is 0.353 e. The zero-order valence-electron chi connectivity index (χ0n) is 9.28. The van der Waals surface area contributed by atoms with Gasteiger partial charge < -0.3 is 9.52 Å². The number of carbonyl (C=O) groups excluding carboxylic acids is 1. The zero-order chi connectivity index (χ0) is 12.9. The highest BCUT2D eigenvalue weighted by Crippen LogP contribution is 2.44. The summed E-state index contributed by atoms with van der Waals surface area (Å²) in [6.07, 6.45) is 3.09. The molecule has 1 atom stereocenters. The van der Waals surface area contributed by atoms with E-state index >= 15 is 0 Å². The van der Waals surface area contributed by atoms with Crippen LogP contribution in [0.1, 0.15) is 11.6 Å². The van der Waals surface area contributed by atoms with Gasteiger partial charge in [0.1, 0.15) is 23.0 Å². The molecule has 0 saturated carbocycles. The number of aliphatic carboxylic acids is 1. The normalized spacial score (nSPS) is 23.9. The number of rotatable bonds is 2. The second-order valence-corrected chi connectivity index (χ2v) is 4.82. The van der Waals surface area contributed by atoms with Crippen molar-refractivity contribution < 1.29 is 19.1 Å². The van der Waals surface area contributed by atoms with Gasteiger partial charge in [-0.25, -0.2) is 9.78 Å². The van der Waals surface area contributed by atoms with E-state index in [-0.39, 0.29) is 17.0 Å². The number of oxazole rings is 1. The summed E-state index contributed by atoms with van der Waals surface area (Å²) in [4.78, 5) is 28.1. The van der Waals surface area contributed by atoms with Crippen LogP contribution in [-0.2, 0) is 9.59 Å². The molecule has 1 saturated heterocycles. The number of carboxylic acid groups (broad SMARTS) is 1. The van der Waals surface area contributed by atoms with Crippen LogP contribution in [0.25, 0.3) is 6.08 Å². The van der Waals surface area contributed by atoms with Gasteiger partial charge in [-0.2, -0.15) is 0 Å². The van der Waals surface area contributed by atoms with Crippen molar-refractivity contribution >= 4 is 29.7 Å². The summed E-state index contributed by atoms with van der Waals surface area (Å²) < 4.78 is 5.05.